The summed E-state index contributed by atoms with van der Waals surface area (Å²) in [6, 6.07) is 21.3. The number of benzene rings is 3. The molecule has 7 N–H and O–H groups in total. The molecule has 3 aromatic carbocycles. The minimum absolute atomic E-state index is 0.133. The van der Waals surface area contributed by atoms with Crippen LogP contribution < -0.4 is 27.2 Å². The third kappa shape index (κ3) is 7.47. The molecule has 0 unspecified atom stereocenters. The number of hydrogen-bond acceptors (Lipinski definition) is 6. The second-order valence-electron chi connectivity index (χ2n) is 8.03. The predicted octanol–water partition coefficient (Wildman–Crippen LogP) is 1.95. The van der Waals surface area contributed by atoms with Crippen molar-refractivity contribution in [3.8, 4) is 11.1 Å². The first kappa shape index (κ1) is 25.6. The van der Waals surface area contributed by atoms with E-state index in [9.17, 15) is 14.4 Å². The summed E-state index contributed by atoms with van der Waals surface area (Å²) < 4.78 is 0. The largest absolute Gasteiger partial charge is 0.339 e. The molecule has 0 bridgehead atoms. The Morgan fingerprint density at radius 2 is 1.49 bits per heavy atom. The standard InChI is InChI=1S/C26H29N5O4/c1-17-2-4-18(5-3-17)15-28-16-24(32)29-22-12-10-20(11-13-22)19-6-8-21(9-7-19)25(33)30-23(14-27)26(34)31-35/h2-13,23,28,35H,14-16,27H2,1H3,(H,29,32)(H,30,33)(H,31,34)/t23-/m0/s1. The zero-order valence-electron chi connectivity index (χ0n) is 19.4. The molecule has 9 heteroatoms. The fourth-order valence-corrected chi connectivity index (χ4v) is 3.34. The van der Waals surface area contributed by atoms with E-state index in [-0.39, 0.29) is 19.0 Å². The van der Waals surface area contributed by atoms with Gasteiger partial charge in [-0.05, 0) is 47.9 Å². The van der Waals surface area contributed by atoms with Crippen LogP contribution in [0.25, 0.3) is 11.1 Å². The van der Waals surface area contributed by atoms with Crippen molar-refractivity contribution in [3.05, 3.63) is 89.5 Å². The Morgan fingerprint density at radius 1 is 0.886 bits per heavy atom. The lowest BCUT2D eigenvalue weighted by Gasteiger charge is -2.14. The Morgan fingerprint density at radius 3 is 2.06 bits per heavy atom. The van der Waals surface area contributed by atoms with Crippen molar-refractivity contribution in [1.29, 1.82) is 0 Å². The van der Waals surface area contributed by atoms with Gasteiger partial charge in [0, 0.05) is 24.3 Å². The Hall–Kier alpha value is -4.05. The number of carbonyl (C=O) groups is 3. The van der Waals surface area contributed by atoms with Crippen molar-refractivity contribution >= 4 is 23.4 Å². The first-order chi connectivity index (χ1) is 16.9. The second kappa shape index (κ2) is 12.4. The highest BCUT2D eigenvalue weighted by Crippen LogP contribution is 2.22. The quantitative estimate of drug-likeness (QED) is 0.195. The van der Waals surface area contributed by atoms with Gasteiger partial charge in [0.25, 0.3) is 11.8 Å². The maximum atomic E-state index is 12.3. The summed E-state index contributed by atoms with van der Waals surface area (Å²) in [5.74, 6) is -1.40. The lowest BCUT2D eigenvalue weighted by atomic mass is 10.0. The molecule has 0 heterocycles. The molecule has 0 saturated carbocycles. The maximum absolute atomic E-state index is 12.3. The van der Waals surface area contributed by atoms with Gasteiger partial charge < -0.3 is 21.7 Å². The zero-order chi connectivity index (χ0) is 25.2. The van der Waals surface area contributed by atoms with E-state index >= 15 is 0 Å². The van der Waals surface area contributed by atoms with Crippen LogP contribution in [0, 0.1) is 6.92 Å². The molecule has 0 aliphatic rings. The summed E-state index contributed by atoms with van der Waals surface area (Å²) in [6.45, 7) is 2.69. The number of anilines is 1. The lowest BCUT2D eigenvalue weighted by Crippen LogP contribution is -2.50. The van der Waals surface area contributed by atoms with Crippen molar-refractivity contribution in [1.82, 2.24) is 16.1 Å². The molecule has 0 aromatic heterocycles. The van der Waals surface area contributed by atoms with Gasteiger partial charge in [0.1, 0.15) is 6.04 Å². The van der Waals surface area contributed by atoms with Gasteiger partial charge in [0.2, 0.25) is 5.91 Å². The molecule has 9 nitrogen and oxygen atoms in total. The van der Waals surface area contributed by atoms with E-state index in [1.54, 1.807) is 24.3 Å². The minimum atomic E-state index is -1.03. The van der Waals surface area contributed by atoms with E-state index in [1.165, 1.54) is 11.0 Å². The smallest absolute Gasteiger partial charge is 0.267 e. The molecular formula is C26H29N5O4. The zero-order valence-corrected chi connectivity index (χ0v) is 19.4. The molecule has 3 rings (SSSR count). The third-order valence-electron chi connectivity index (χ3n) is 5.35. The van der Waals surface area contributed by atoms with Gasteiger partial charge in [-0.3, -0.25) is 19.6 Å². The van der Waals surface area contributed by atoms with Crippen LogP contribution in [0.2, 0.25) is 0 Å². The molecular weight excluding hydrogens is 446 g/mol. The predicted molar refractivity (Wildman–Crippen MR) is 134 cm³/mol. The number of aryl methyl sites for hydroxylation is 1. The van der Waals surface area contributed by atoms with Gasteiger partial charge in [-0.25, -0.2) is 5.48 Å². The number of hydrogen-bond donors (Lipinski definition) is 6. The first-order valence-corrected chi connectivity index (χ1v) is 11.1. The van der Waals surface area contributed by atoms with Crippen LogP contribution in [0.3, 0.4) is 0 Å². The van der Waals surface area contributed by atoms with E-state index in [0.29, 0.717) is 17.8 Å². The molecule has 3 amide bonds. The number of nitrogens with one attached hydrogen (secondary N) is 4. The van der Waals surface area contributed by atoms with Gasteiger partial charge in [-0.2, -0.15) is 0 Å². The Labute approximate surface area is 203 Å². The molecule has 182 valence electrons. The highest BCUT2D eigenvalue weighted by atomic mass is 16.5. The van der Waals surface area contributed by atoms with Crippen LogP contribution >= 0.6 is 0 Å². The highest BCUT2D eigenvalue weighted by molar-refractivity contribution is 5.98. The molecule has 3 aromatic rings. The van der Waals surface area contributed by atoms with Crippen LogP contribution in [0.5, 0.6) is 0 Å². The fraction of sp³-hybridized carbons (Fsp3) is 0.192. The highest BCUT2D eigenvalue weighted by Gasteiger charge is 2.19. The maximum Gasteiger partial charge on any atom is 0.267 e. The number of nitrogens with two attached hydrogens (primary N) is 1. The van der Waals surface area contributed by atoms with E-state index in [2.05, 4.69) is 16.0 Å². The van der Waals surface area contributed by atoms with Crippen LogP contribution in [-0.4, -0.2) is 42.1 Å². The molecule has 0 saturated heterocycles. The van der Waals surface area contributed by atoms with E-state index in [1.807, 2.05) is 55.5 Å². The van der Waals surface area contributed by atoms with Gasteiger partial charge >= 0.3 is 0 Å². The van der Waals surface area contributed by atoms with Gasteiger partial charge in [-0.1, -0.05) is 54.1 Å². The normalized spacial score (nSPS) is 11.4. The Balaban J connectivity index is 1.51. The summed E-state index contributed by atoms with van der Waals surface area (Å²) in [6.07, 6.45) is 0. The second-order valence-corrected chi connectivity index (χ2v) is 8.03. The number of carbonyl (C=O) groups excluding carboxylic acids is 3. The van der Waals surface area contributed by atoms with Gasteiger partial charge in [0.05, 0.1) is 6.54 Å². The average molecular weight is 476 g/mol. The summed E-state index contributed by atoms with van der Waals surface area (Å²) in [5, 5.41) is 17.2. The lowest BCUT2D eigenvalue weighted by molar-refractivity contribution is -0.130. The van der Waals surface area contributed by atoms with Crippen molar-refractivity contribution < 1.29 is 19.6 Å². The number of amides is 3. The van der Waals surface area contributed by atoms with Crippen molar-refractivity contribution in [2.75, 3.05) is 18.4 Å². The molecule has 0 aliphatic heterocycles. The van der Waals surface area contributed by atoms with Crippen LogP contribution in [0.4, 0.5) is 5.69 Å². The monoisotopic (exact) mass is 475 g/mol. The summed E-state index contributed by atoms with van der Waals surface area (Å²) >= 11 is 0. The SMILES string of the molecule is Cc1ccc(CNCC(=O)Nc2ccc(-c3ccc(C(=O)N[C@@H](CN)C(=O)NO)cc3)cc2)cc1. The fourth-order valence-electron chi connectivity index (χ4n) is 3.34. The van der Waals surface area contributed by atoms with Crippen molar-refractivity contribution in [3.63, 3.8) is 0 Å². The summed E-state index contributed by atoms with van der Waals surface area (Å²) in [7, 11) is 0. The van der Waals surface area contributed by atoms with E-state index in [4.69, 9.17) is 10.9 Å². The molecule has 1 atom stereocenters. The van der Waals surface area contributed by atoms with Crippen LogP contribution in [-0.2, 0) is 16.1 Å². The molecule has 35 heavy (non-hydrogen) atoms. The molecule has 0 spiro atoms. The number of rotatable bonds is 10. The van der Waals surface area contributed by atoms with Crippen LogP contribution in [0.15, 0.2) is 72.8 Å². The van der Waals surface area contributed by atoms with Crippen LogP contribution in [0.1, 0.15) is 21.5 Å². The number of hydroxylamine groups is 1. The summed E-state index contributed by atoms with van der Waals surface area (Å²) in [4.78, 5) is 36.0. The topological polar surface area (TPSA) is 146 Å². The van der Waals surface area contributed by atoms with Crippen molar-refractivity contribution in [2.45, 2.75) is 19.5 Å². The first-order valence-electron chi connectivity index (χ1n) is 11.1. The Kier molecular flexibility index (Phi) is 9.08. The average Bonchev–Trinajstić information content (AvgIpc) is 2.88. The molecule has 0 radical (unpaired) electrons. The molecule has 0 fully saturated rings. The van der Waals surface area contributed by atoms with E-state index < -0.39 is 17.9 Å². The van der Waals surface area contributed by atoms with Gasteiger partial charge in [-0.15, -0.1) is 0 Å². The molecule has 0 aliphatic carbocycles. The van der Waals surface area contributed by atoms with Crippen molar-refractivity contribution in [2.24, 2.45) is 5.73 Å². The Bertz CT molecular complexity index is 1150. The van der Waals surface area contributed by atoms with Gasteiger partial charge in [0.15, 0.2) is 0 Å². The van der Waals surface area contributed by atoms with E-state index in [0.717, 1.165) is 16.7 Å². The minimum Gasteiger partial charge on any atom is -0.339 e. The third-order valence-corrected chi connectivity index (χ3v) is 5.35. The summed E-state index contributed by atoms with van der Waals surface area (Å²) in [5.41, 5.74) is 12.1.